The first kappa shape index (κ1) is 11.7. The van der Waals surface area contributed by atoms with Gasteiger partial charge in [0.2, 0.25) is 0 Å². The van der Waals surface area contributed by atoms with E-state index in [-0.39, 0.29) is 0 Å². The van der Waals surface area contributed by atoms with Gasteiger partial charge < -0.3 is 15.4 Å². The Labute approximate surface area is 107 Å². The van der Waals surface area contributed by atoms with E-state index in [0.29, 0.717) is 12.0 Å². The summed E-state index contributed by atoms with van der Waals surface area (Å²) in [7, 11) is 1.89. The molecular formula is C13H20N4O. The number of ether oxygens (including phenoxy) is 1. The molecule has 1 aliphatic heterocycles. The molecule has 3 rings (SSSR count). The lowest BCUT2D eigenvalue weighted by molar-refractivity contribution is 0.120. The number of nitrogens with zero attached hydrogens (tertiary/aromatic N) is 2. The molecule has 1 unspecified atom stereocenters. The van der Waals surface area contributed by atoms with Crippen LogP contribution >= 0.6 is 0 Å². The van der Waals surface area contributed by atoms with E-state index < -0.39 is 0 Å². The molecule has 0 radical (unpaired) electrons. The normalized spacial score (nSPS) is 23.1. The third-order valence-corrected chi connectivity index (χ3v) is 3.48. The molecule has 2 N–H and O–H groups in total. The van der Waals surface area contributed by atoms with E-state index in [4.69, 9.17) is 4.74 Å². The van der Waals surface area contributed by atoms with Gasteiger partial charge in [-0.25, -0.2) is 9.97 Å². The monoisotopic (exact) mass is 248 g/mol. The maximum Gasteiger partial charge on any atom is 0.136 e. The number of hydrogen-bond donors (Lipinski definition) is 2. The van der Waals surface area contributed by atoms with Gasteiger partial charge in [-0.2, -0.15) is 0 Å². The largest absolute Gasteiger partial charge is 0.376 e. The van der Waals surface area contributed by atoms with E-state index in [1.807, 2.05) is 13.1 Å². The summed E-state index contributed by atoms with van der Waals surface area (Å²) in [5.74, 6) is 3.34. The quantitative estimate of drug-likeness (QED) is 0.834. The van der Waals surface area contributed by atoms with Crippen molar-refractivity contribution in [3.63, 3.8) is 0 Å². The molecule has 5 nitrogen and oxygen atoms in total. The van der Waals surface area contributed by atoms with Gasteiger partial charge >= 0.3 is 0 Å². The lowest BCUT2D eigenvalue weighted by atomic mass is 10.2. The fourth-order valence-corrected chi connectivity index (χ4v) is 2.23. The lowest BCUT2D eigenvalue weighted by Gasteiger charge is -2.13. The van der Waals surface area contributed by atoms with E-state index in [0.717, 1.165) is 37.0 Å². The summed E-state index contributed by atoms with van der Waals surface area (Å²) in [5, 5.41) is 6.46. The number of aromatic nitrogens is 2. The summed E-state index contributed by atoms with van der Waals surface area (Å²) in [6.45, 7) is 1.73. The molecule has 2 heterocycles. The first-order valence-corrected chi connectivity index (χ1v) is 6.77. The average molecular weight is 248 g/mol. The number of rotatable bonds is 5. The Hall–Kier alpha value is -1.36. The van der Waals surface area contributed by atoms with Crippen LogP contribution in [0.4, 0.5) is 11.6 Å². The Morgan fingerprint density at radius 1 is 1.28 bits per heavy atom. The zero-order valence-corrected chi connectivity index (χ0v) is 10.8. The molecule has 1 saturated heterocycles. The smallest absolute Gasteiger partial charge is 0.136 e. The van der Waals surface area contributed by atoms with Crippen molar-refractivity contribution in [1.82, 2.24) is 9.97 Å². The maximum absolute atomic E-state index is 5.60. The standard InChI is InChI=1S/C13H20N4O/c1-14-11-7-12(15-8-10-3-2-6-18-10)17-13(16-11)9-4-5-9/h7,9-10H,2-6,8H2,1H3,(H2,14,15,16,17). The van der Waals surface area contributed by atoms with Gasteiger partial charge in [-0.15, -0.1) is 0 Å². The topological polar surface area (TPSA) is 59.1 Å². The van der Waals surface area contributed by atoms with Crippen molar-refractivity contribution in [2.75, 3.05) is 30.8 Å². The molecular weight excluding hydrogens is 228 g/mol. The van der Waals surface area contributed by atoms with Crippen molar-refractivity contribution in [1.29, 1.82) is 0 Å². The molecule has 1 atom stereocenters. The number of nitrogens with one attached hydrogen (secondary N) is 2. The van der Waals surface area contributed by atoms with Gasteiger partial charge in [0.25, 0.3) is 0 Å². The van der Waals surface area contributed by atoms with Gasteiger partial charge in [0, 0.05) is 32.2 Å². The van der Waals surface area contributed by atoms with Crippen molar-refractivity contribution >= 4 is 11.6 Å². The second kappa shape index (κ2) is 5.10. The van der Waals surface area contributed by atoms with E-state index in [2.05, 4.69) is 20.6 Å². The van der Waals surface area contributed by atoms with Crippen molar-refractivity contribution in [3.8, 4) is 0 Å². The van der Waals surface area contributed by atoms with Crippen LogP contribution in [0.5, 0.6) is 0 Å². The molecule has 1 aromatic rings. The van der Waals surface area contributed by atoms with Gasteiger partial charge in [-0.1, -0.05) is 0 Å². The SMILES string of the molecule is CNc1cc(NCC2CCCO2)nc(C2CC2)n1. The van der Waals surface area contributed by atoms with E-state index >= 15 is 0 Å². The highest BCUT2D eigenvalue weighted by Gasteiger charge is 2.27. The first-order valence-electron chi connectivity index (χ1n) is 6.77. The molecule has 0 amide bonds. The maximum atomic E-state index is 5.60. The number of hydrogen-bond acceptors (Lipinski definition) is 5. The molecule has 98 valence electrons. The van der Waals surface area contributed by atoms with E-state index in [1.54, 1.807) is 0 Å². The molecule has 5 heteroatoms. The molecule has 0 spiro atoms. The summed E-state index contributed by atoms with van der Waals surface area (Å²) >= 11 is 0. The molecule has 1 aromatic heterocycles. The minimum absolute atomic E-state index is 0.336. The van der Waals surface area contributed by atoms with E-state index in [9.17, 15) is 0 Å². The molecule has 2 aliphatic rings. The van der Waals surface area contributed by atoms with Crippen LogP contribution in [0.15, 0.2) is 6.07 Å². The van der Waals surface area contributed by atoms with Crippen LogP contribution in [0.1, 0.15) is 37.4 Å². The van der Waals surface area contributed by atoms with Crippen LogP contribution < -0.4 is 10.6 Å². The average Bonchev–Trinajstić information content (AvgIpc) is 3.13. The van der Waals surface area contributed by atoms with Gasteiger partial charge in [0.15, 0.2) is 0 Å². The van der Waals surface area contributed by atoms with Crippen molar-refractivity contribution in [3.05, 3.63) is 11.9 Å². The Bertz CT molecular complexity index is 413. The zero-order valence-electron chi connectivity index (χ0n) is 10.8. The van der Waals surface area contributed by atoms with Crippen molar-refractivity contribution in [2.24, 2.45) is 0 Å². The highest BCUT2D eigenvalue weighted by molar-refractivity contribution is 5.47. The Balaban J connectivity index is 1.67. The predicted molar refractivity (Wildman–Crippen MR) is 71.0 cm³/mol. The number of anilines is 2. The third kappa shape index (κ3) is 2.72. The molecule has 0 bridgehead atoms. The van der Waals surface area contributed by atoms with Crippen LogP contribution in [-0.2, 0) is 4.74 Å². The van der Waals surface area contributed by atoms with Crippen LogP contribution in [-0.4, -0.2) is 36.3 Å². The van der Waals surface area contributed by atoms with Crippen molar-refractivity contribution in [2.45, 2.75) is 37.7 Å². The van der Waals surface area contributed by atoms with Crippen molar-refractivity contribution < 1.29 is 4.74 Å². The Morgan fingerprint density at radius 3 is 2.78 bits per heavy atom. The Morgan fingerprint density at radius 2 is 2.11 bits per heavy atom. The Kier molecular flexibility index (Phi) is 3.32. The van der Waals surface area contributed by atoms with Gasteiger partial charge in [0.1, 0.15) is 17.5 Å². The minimum Gasteiger partial charge on any atom is -0.376 e. The second-order valence-electron chi connectivity index (χ2n) is 5.04. The third-order valence-electron chi connectivity index (χ3n) is 3.48. The summed E-state index contributed by atoms with van der Waals surface area (Å²) in [4.78, 5) is 9.09. The van der Waals surface area contributed by atoms with Gasteiger partial charge in [0.05, 0.1) is 6.10 Å². The highest BCUT2D eigenvalue weighted by Crippen LogP contribution is 2.38. The summed E-state index contributed by atoms with van der Waals surface area (Å²) in [6.07, 6.45) is 5.09. The first-order chi connectivity index (χ1) is 8.85. The minimum atomic E-state index is 0.336. The fourth-order valence-electron chi connectivity index (χ4n) is 2.23. The molecule has 18 heavy (non-hydrogen) atoms. The van der Waals surface area contributed by atoms with Crippen LogP contribution in [0.3, 0.4) is 0 Å². The fraction of sp³-hybridized carbons (Fsp3) is 0.692. The second-order valence-corrected chi connectivity index (χ2v) is 5.04. The van der Waals surface area contributed by atoms with Crippen LogP contribution in [0.25, 0.3) is 0 Å². The lowest BCUT2D eigenvalue weighted by Crippen LogP contribution is -2.19. The molecule has 1 saturated carbocycles. The van der Waals surface area contributed by atoms with Crippen LogP contribution in [0.2, 0.25) is 0 Å². The molecule has 2 fully saturated rings. The van der Waals surface area contributed by atoms with Crippen LogP contribution in [0, 0.1) is 0 Å². The summed E-state index contributed by atoms with van der Waals surface area (Å²) in [5.41, 5.74) is 0. The highest BCUT2D eigenvalue weighted by atomic mass is 16.5. The molecule has 1 aliphatic carbocycles. The van der Waals surface area contributed by atoms with Gasteiger partial charge in [-0.3, -0.25) is 0 Å². The summed E-state index contributed by atoms with van der Waals surface area (Å²) in [6, 6.07) is 1.96. The van der Waals surface area contributed by atoms with Gasteiger partial charge in [-0.05, 0) is 25.7 Å². The predicted octanol–water partition coefficient (Wildman–Crippen LogP) is 1.99. The zero-order chi connectivity index (χ0) is 12.4. The molecule has 0 aromatic carbocycles. The van der Waals surface area contributed by atoms with E-state index in [1.165, 1.54) is 19.3 Å². The summed E-state index contributed by atoms with van der Waals surface area (Å²) < 4.78 is 5.60.